The molecule has 0 radical (unpaired) electrons. The summed E-state index contributed by atoms with van der Waals surface area (Å²) in [6.45, 7) is 6.37. The van der Waals surface area contributed by atoms with Gasteiger partial charge in [-0.1, -0.05) is 270 Å². The predicted molar refractivity (Wildman–Crippen MR) is 329 cm³/mol. The highest BCUT2D eigenvalue weighted by atomic mass is 16.6. The van der Waals surface area contributed by atoms with Crippen molar-refractivity contribution >= 4 is 17.9 Å². The molecule has 0 N–H and O–H groups in total. The lowest BCUT2D eigenvalue weighted by atomic mass is 10.0. The van der Waals surface area contributed by atoms with Crippen LogP contribution in [0.1, 0.15) is 271 Å². The summed E-state index contributed by atoms with van der Waals surface area (Å²) < 4.78 is 16.9. The molecule has 0 aliphatic heterocycles. The van der Waals surface area contributed by atoms with Crippen LogP contribution >= 0.6 is 0 Å². The lowest BCUT2D eigenvalue weighted by molar-refractivity contribution is -0.167. The molecule has 0 saturated heterocycles. The van der Waals surface area contributed by atoms with Gasteiger partial charge in [0, 0.05) is 19.3 Å². The normalized spacial score (nSPS) is 13.0. The van der Waals surface area contributed by atoms with Crippen LogP contribution in [0.15, 0.2) is 134 Å². The Labute approximate surface area is 468 Å². The third kappa shape index (κ3) is 60.4. The minimum Gasteiger partial charge on any atom is -0.462 e. The third-order valence-corrected chi connectivity index (χ3v) is 12.9. The first-order valence-electron chi connectivity index (χ1n) is 31.2. The number of carbonyl (C=O) groups excluding carboxylic acids is 3. The van der Waals surface area contributed by atoms with Gasteiger partial charge in [0.1, 0.15) is 13.2 Å². The number of hydrogen-bond donors (Lipinski definition) is 0. The van der Waals surface area contributed by atoms with Crippen molar-refractivity contribution in [2.45, 2.75) is 277 Å². The van der Waals surface area contributed by atoms with Gasteiger partial charge in [-0.25, -0.2) is 0 Å². The van der Waals surface area contributed by atoms with Gasteiger partial charge in [-0.05, 0) is 116 Å². The van der Waals surface area contributed by atoms with E-state index in [9.17, 15) is 14.4 Å². The molecule has 0 aliphatic rings. The van der Waals surface area contributed by atoms with Crippen molar-refractivity contribution in [3.05, 3.63) is 134 Å². The van der Waals surface area contributed by atoms with E-state index in [-0.39, 0.29) is 31.1 Å². The molecule has 0 heterocycles. The lowest BCUT2D eigenvalue weighted by Gasteiger charge is -2.18. The fourth-order valence-electron chi connectivity index (χ4n) is 8.30. The fourth-order valence-corrected chi connectivity index (χ4v) is 8.30. The number of unbranched alkanes of at least 4 members (excludes halogenated alkanes) is 22. The summed E-state index contributed by atoms with van der Waals surface area (Å²) in [6.07, 6.45) is 88.7. The van der Waals surface area contributed by atoms with E-state index in [2.05, 4.69) is 154 Å². The van der Waals surface area contributed by atoms with E-state index < -0.39 is 6.10 Å². The van der Waals surface area contributed by atoms with E-state index in [0.29, 0.717) is 25.7 Å². The van der Waals surface area contributed by atoms with Crippen molar-refractivity contribution in [2.75, 3.05) is 13.2 Å². The third-order valence-electron chi connectivity index (χ3n) is 12.9. The van der Waals surface area contributed by atoms with Gasteiger partial charge < -0.3 is 14.2 Å². The molecule has 0 amide bonds. The van der Waals surface area contributed by atoms with Gasteiger partial charge in [-0.15, -0.1) is 0 Å². The molecule has 76 heavy (non-hydrogen) atoms. The first-order chi connectivity index (χ1) is 37.5. The second-order valence-electron chi connectivity index (χ2n) is 20.2. The maximum Gasteiger partial charge on any atom is 0.306 e. The van der Waals surface area contributed by atoms with Gasteiger partial charge in [-0.3, -0.25) is 14.4 Å². The smallest absolute Gasteiger partial charge is 0.306 e. The van der Waals surface area contributed by atoms with Crippen molar-refractivity contribution in [3.8, 4) is 0 Å². The van der Waals surface area contributed by atoms with Gasteiger partial charge in [-0.2, -0.15) is 0 Å². The summed E-state index contributed by atoms with van der Waals surface area (Å²) in [5.74, 6) is -0.963. The van der Waals surface area contributed by atoms with Crippen molar-refractivity contribution in [1.29, 1.82) is 0 Å². The van der Waals surface area contributed by atoms with Crippen LogP contribution in [-0.4, -0.2) is 37.2 Å². The Bertz CT molecular complexity index is 1630. The highest BCUT2D eigenvalue weighted by Crippen LogP contribution is 2.15. The van der Waals surface area contributed by atoms with E-state index >= 15 is 0 Å². The zero-order valence-electron chi connectivity index (χ0n) is 49.2. The zero-order chi connectivity index (χ0) is 55.0. The minimum atomic E-state index is -0.812. The Kier molecular flexibility index (Phi) is 59.4. The molecule has 0 aliphatic carbocycles. The highest BCUT2D eigenvalue weighted by Gasteiger charge is 2.19. The van der Waals surface area contributed by atoms with Gasteiger partial charge >= 0.3 is 17.9 Å². The molecule has 0 rings (SSSR count). The van der Waals surface area contributed by atoms with Gasteiger partial charge in [0.2, 0.25) is 0 Å². The van der Waals surface area contributed by atoms with E-state index in [1.807, 2.05) is 0 Å². The van der Waals surface area contributed by atoms with E-state index in [0.717, 1.165) is 141 Å². The second kappa shape index (κ2) is 63.1. The molecule has 0 aromatic carbocycles. The first-order valence-corrected chi connectivity index (χ1v) is 31.2. The van der Waals surface area contributed by atoms with Gasteiger partial charge in [0.05, 0.1) is 0 Å². The van der Waals surface area contributed by atoms with E-state index in [1.54, 1.807) is 0 Å². The number of esters is 3. The average molecular weight is 1050 g/mol. The molecule has 0 saturated carbocycles. The average Bonchev–Trinajstić information content (AvgIpc) is 3.42. The summed E-state index contributed by atoms with van der Waals surface area (Å²) in [6, 6.07) is 0. The maximum atomic E-state index is 12.9. The number of hydrogen-bond acceptors (Lipinski definition) is 6. The fraction of sp³-hybridized carbons (Fsp3) is 0.643. The second-order valence-corrected chi connectivity index (χ2v) is 20.2. The van der Waals surface area contributed by atoms with Crippen LogP contribution in [0.4, 0.5) is 0 Å². The van der Waals surface area contributed by atoms with Crippen LogP contribution < -0.4 is 0 Å². The quantitative estimate of drug-likeness (QED) is 0.0261. The molecule has 6 heteroatoms. The number of ether oxygens (including phenoxy) is 3. The van der Waals surface area contributed by atoms with Crippen LogP contribution in [0.5, 0.6) is 0 Å². The largest absolute Gasteiger partial charge is 0.462 e. The Hall–Kier alpha value is -4.45. The Morgan fingerprint density at radius 2 is 0.513 bits per heavy atom. The Morgan fingerprint density at radius 3 is 0.829 bits per heavy atom. The number of allylic oxidation sites excluding steroid dienone is 22. The van der Waals surface area contributed by atoms with Crippen molar-refractivity contribution in [3.63, 3.8) is 0 Å². The van der Waals surface area contributed by atoms with Crippen molar-refractivity contribution in [2.24, 2.45) is 0 Å². The molecule has 1 atom stereocenters. The molecule has 0 bridgehead atoms. The van der Waals surface area contributed by atoms with Crippen molar-refractivity contribution < 1.29 is 28.6 Å². The molecule has 0 aromatic rings. The summed E-state index contributed by atoms with van der Waals surface area (Å²) in [4.78, 5) is 38.3. The Morgan fingerprint density at radius 1 is 0.276 bits per heavy atom. The molecule has 0 fully saturated rings. The predicted octanol–water partition coefficient (Wildman–Crippen LogP) is 21.4. The standard InChI is InChI=1S/C70H114O6/c1-4-7-10-13-16-19-22-25-28-31-33-35-37-39-42-45-48-51-54-57-60-63-69(72)75-66-67(65-74-68(71)62-59-56-53-50-47-44-41-30-27-24-21-18-15-12-9-6-3)76-70(73)64-61-58-55-52-49-46-43-40-38-36-34-32-29-26-23-20-17-14-11-8-5-2/h7-8,10-11,16-17,19-20,25-26,28-29,33-36,39-40,42-43,48,51,67H,4-6,9,12-15,18,21-24,27,30-32,37-38,41,44-47,49-50,52-66H2,1-3H3/b10-7-,11-8-,19-16-,20-17-,28-25-,29-26-,35-33-,36-34-,42-39-,43-40-,51-48-. The highest BCUT2D eigenvalue weighted by molar-refractivity contribution is 5.71. The molecule has 430 valence electrons. The first kappa shape index (κ1) is 71.5. The summed E-state index contributed by atoms with van der Waals surface area (Å²) in [7, 11) is 0. The minimum absolute atomic E-state index is 0.102. The maximum absolute atomic E-state index is 12.9. The summed E-state index contributed by atoms with van der Waals surface area (Å²) in [5, 5.41) is 0. The molecule has 6 nitrogen and oxygen atoms in total. The summed E-state index contributed by atoms with van der Waals surface area (Å²) in [5.41, 5.74) is 0. The lowest BCUT2D eigenvalue weighted by Crippen LogP contribution is -2.30. The van der Waals surface area contributed by atoms with Crippen LogP contribution in [0.3, 0.4) is 0 Å². The van der Waals surface area contributed by atoms with E-state index in [1.165, 1.54) is 83.5 Å². The van der Waals surface area contributed by atoms with Crippen molar-refractivity contribution in [1.82, 2.24) is 0 Å². The molecule has 1 unspecified atom stereocenters. The van der Waals surface area contributed by atoms with E-state index in [4.69, 9.17) is 14.2 Å². The number of carbonyl (C=O) groups is 3. The van der Waals surface area contributed by atoms with Crippen LogP contribution in [0.2, 0.25) is 0 Å². The topological polar surface area (TPSA) is 78.9 Å². The molecular formula is C70H114O6. The van der Waals surface area contributed by atoms with Crippen LogP contribution in [0, 0.1) is 0 Å². The SMILES string of the molecule is CC/C=C\C/C=C\C/C=C\C/C=C\C/C=C\C/C=C\CCCCC(=O)OCC(COC(=O)CCCCCCCCCCCCCCCCCC)OC(=O)CCCCCCC/C=C\C/C=C\C/C=C\C/C=C\C/C=C\CC. The number of rotatable bonds is 55. The zero-order valence-corrected chi connectivity index (χ0v) is 49.2. The van der Waals surface area contributed by atoms with Gasteiger partial charge in [0.15, 0.2) is 6.10 Å². The molecule has 0 aromatic heterocycles. The summed E-state index contributed by atoms with van der Waals surface area (Å²) >= 11 is 0. The van der Waals surface area contributed by atoms with Crippen LogP contribution in [-0.2, 0) is 28.6 Å². The monoisotopic (exact) mass is 1050 g/mol. The van der Waals surface area contributed by atoms with Crippen LogP contribution in [0.25, 0.3) is 0 Å². The molecule has 0 spiro atoms. The molecular weight excluding hydrogens is 937 g/mol. The van der Waals surface area contributed by atoms with Gasteiger partial charge in [0.25, 0.3) is 0 Å². The Balaban J connectivity index is 4.52.